The standard InChI is InChI=1S/C10H16N2/c1-4-10-9(8-11-2)6-5-7-12(10)3/h4,8H,1,5-7H2,2-3H3. The van der Waals surface area contributed by atoms with Crippen LogP contribution in [0.15, 0.2) is 28.9 Å². The van der Waals surface area contributed by atoms with E-state index in [0.29, 0.717) is 0 Å². The molecule has 0 fully saturated rings. The van der Waals surface area contributed by atoms with Gasteiger partial charge in [-0.3, -0.25) is 4.99 Å². The van der Waals surface area contributed by atoms with Crippen LogP contribution in [-0.2, 0) is 0 Å². The second kappa shape index (κ2) is 4.10. The van der Waals surface area contributed by atoms with Crippen molar-refractivity contribution in [3.8, 4) is 0 Å². The van der Waals surface area contributed by atoms with Gasteiger partial charge in [0.15, 0.2) is 0 Å². The van der Waals surface area contributed by atoms with Crippen molar-refractivity contribution < 1.29 is 0 Å². The molecular weight excluding hydrogens is 148 g/mol. The lowest BCUT2D eigenvalue weighted by molar-refractivity contribution is 0.396. The van der Waals surface area contributed by atoms with Crippen molar-refractivity contribution in [3.05, 3.63) is 23.9 Å². The average molecular weight is 164 g/mol. The van der Waals surface area contributed by atoms with Crippen molar-refractivity contribution in [1.82, 2.24) is 4.90 Å². The maximum atomic E-state index is 4.03. The third-order valence-electron chi connectivity index (χ3n) is 2.16. The first-order chi connectivity index (χ1) is 5.79. The highest BCUT2D eigenvalue weighted by molar-refractivity contribution is 5.80. The molecule has 1 rings (SSSR count). The second-order valence-corrected chi connectivity index (χ2v) is 3.03. The van der Waals surface area contributed by atoms with Gasteiger partial charge in [0.05, 0.1) is 0 Å². The van der Waals surface area contributed by atoms with Crippen molar-refractivity contribution in [2.75, 3.05) is 20.6 Å². The Bertz CT molecular complexity index is 226. The summed E-state index contributed by atoms with van der Waals surface area (Å²) in [5, 5.41) is 0. The summed E-state index contributed by atoms with van der Waals surface area (Å²) in [6.07, 6.45) is 6.20. The molecule has 0 aromatic carbocycles. The minimum atomic E-state index is 1.13. The first kappa shape index (κ1) is 9.04. The zero-order valence-electron chi connectivity index (χ0n) is 7.88. The van der Waals surface area contributed by atoms with Gasteiger partial charge in [0.1, 0.15) is 0 Å². The number of hydrogen-bond donors (Lipinski definition) is 0. The molecule has 0 aliphatic carbocycles. The molecule has 0 unspecified atom stereocenters. The lowest BCUT2D eigenvalue weighted by atomic mass is 10.0. The van der Waals surface area contributed by atoms with E-state index in [1.807, 2.05) is 19.3 Å². The van der Waals surface area contributed by atoms with Crippen LogP contribution in [0, 0.1) is 0 Å². The van der Waals surface area contributed by atoms with E-state index in [-0.39, 0.29) is 0 Å². The molecule has 0 spiro atoms. The van der Waals surface area contributed by atoms with Crippen LogP contribution in [0.3, 0.4) is 0 Å². The fourth-order valence-corrected chi connectivity index (χ4v) is 1.57. The van der Waals surface area contributed by atoms with E-state index in [1.54, 1.807) is 0 Å². The smallest absolute Gasteiger partial charge is 0.0405 e. The fraction of sp³-hybridized carbons (Fsp3) is 0.500. The molecule has 0 radical (unpaired) electrons. The Labute approximate surface area is 74.3 Å². The molecule has 2 heteroatoms. The Morgan fingerprint density at radius 1 is 1.58 bits per heavy atom. The van der Waals surface area contributed by atoms with E-state index in [2.05, 4.69) is 23.5 Å². The molecule has 0 amide bonds. The highest BCUT2D eigenvalue weighted by atomic mass is 15.1. The van der Waals surface area contributed by atoms with Crippen molar-refractivity contribution in [2.45, 2.75) is 12.8 Å². The Hall–Kier alpha value is -1.05. The minimum Gasteiger partial charge on any atom is -0.374 e. The van der Waals surface area contributed by atoms with Crippen molar-refractivity contribution >= 4 is 6.21 Å². The van der Waals surface area contributed by atoms with Gasteiger partial charge in [-0.15, -0.1) is 0 Å². The molecule has 0 aromatic heterocycles. The van der Waals surface area contributed by atoms with Crippen LogP contribution in [-0.4, -0.2) is 31.8 Å². The summed E-state index contributed by atoms with van der Waals surface area (Å²) in [7, 11) is 3.90. The Morgan fingerprint density at radius 2 is 2.33 bits per heavy atom. The fourth-order valence-electron chi connectivity index (χ4n) is 1.57. The van der Waals surface area contributed by atoms with E-state index < -0.39 is 0 Å². The summed E-state index contributed by atoms with van der Waals surface area (Å²) in [6.45, 7) is 4.93. The molecule has 0 aromatic rings. The molecule has 0 bridgehead atoms. The summed E-state index contributed by atoms with van der Waals surface area (Å²) < 4.78 is 0. The lowest BCUT2D eigenvalue weighted by Crippen LogP contribution is -2.24. The van der Waals surface area contributed by atoms with Gasteiger partial charge < -0.3 is 4.90 Å². The summed E-state index contributed by atoms with van der Waals surface area (Å²) in [5.41, 5.74) is 2.54. The Morgan fingerprint density at radius 3 is 2.92 bits per heavy atom. The quantitative estimate of drug-likeness (QED) is 0.569. The number of rotatable bonds is 2. The van der Waals surface area contributed by atoms with Gasteiger partial charge in [-0.25, -0.2) is 0 Å². The van der Waals surface area contributed by atoms with E-state index in [9.17, 15) is 0 Å². The van der Waals surface area contributed by atoms with Gasteiger partial charge >= 0.3 is 0 Å². The summed E-state index contributed by atoms with van der Waals surface area (Å²) >= 11 is 0. The highest BCUT2D eigenvalue weighted by Crippen LogP contribution is 2.19. The maximum absolute atomic E-state index is 4.03. The molecule has 0 N–H and O–H groups in total. The average Bonchev–Trinajstić information content (AvgIpc) is 2.05. The van der Waals surface area contributed by atoms with E-state index in [1.165, 1.54) is 17.7 Å². The van der Waals surface area contributed by atoms with Crippen LogP contribution in [0.25, 0.3) is 0 Å². The molecule has 1 aliphatic rings. The first-order valence-electron chi connectivity index (χ1n) is 4.28. The Balaban J connectivity index is 2.93. The molecule has 0 atom stereocenters. The molecule has 12 heavy (non-hydrogen) atoms. The van der Waals surface area contributed by atoms with Crippen molar-refractivity contribution in [1.29, 1.82) is 0 Å². The minimum absolute atomic E-state index is 1.13. The van der Waals surface area contributed by atoms with E-state index in [0.717, 1.165) is 13.0 Å². The number of allylic oxidation sites excluding steroid dienone is 2. The zero-order chi connectivity index (χ0) is 8.97. The Kier molecular flexibility index (Phi) is 3.09. The second-order valence-electron chi connectivity index (χ2n) is 3.03. The molecule has 2 nitrogen and oxygen atoms in total. The third kappa shape index (κ3) is 1.76. The normalized spacial score (nSPS) is 19.0. The number of likely N-dealkylation sites (N-methyl/N-ethyl adjacent to an activating group) is 1. The van der Waals surface area contributed by atoms with Crippen molar-refractivity contribution in [2.24, 2.45) is 4.99 Å². The maximum Gasteiger partial charge on any atom is 0.0405 e. The van der Waals surface area contributed by atoms with Gasteiger partial charge in [-0.1, -0.05) is 6.58 Å². The van der Waals surface area contributed by atoms with Gasteiger partial charge in [-0.2, -0.15) is 0 Å². The van der Waals surface area contributed by atoms with Crippen LogP contribution >= 0.6 is 0 Å². The summed E-state index contributed by atoms with van der Waals surface area (Å²) in [6, 6.07) is 0. The summed E-state index contributed by atoms with van der Waals surface area (Å²) in [4.78, 5) is 6.26. The van der Waals surface area contributed by atoms with Gasteiger partial charge in [-0.05, 0) is 24.5 Å². The molecule has 1 aliphatic heterocycles. The first-order valence-corrected chi connectivity index (χ1v) is 4.28. The van der Waals surface area contributed by atoms with Crippen LogP contribution < -0.4 is 0 Å². The molecule has 0 saturated carbocycles. The van der Waals surface area contributed by atoms with Gasteiger partial charge in [0.25, 0.3) is 0 Å². The zero-order valence-corrected chi connectivity index (χ0v) is 7.88. The molecule has 0 saturated heterocycles. The van der Waals surface area contributed by atoms with E-state index >= 15 is 0 Å². The van der Waals surface area contributed by atoms with Gasteiger partial charge in [0, 0.05) is 32.6 Å². The number of hydrogen-bond acceptors (Lipinski definition) is 2. The largest absolute Gasteiger partial charge is 0.374 e. The highest BCUT2D eigenvalue weighted by Gasteiger charge is 2.12. The third-order valence-corrected chi connectivity index (χ3v) is 2.16. The van der Waals surface area contributed by atoms with Crippen molar-refractivity contribution in [3.63, 3.8) is 0 Å². The van der Waals surface area contributed by atoms with Crippen LogP contribution in [0.5, 0.6) is 0 Å². The van der Waals surface area contributed by atoms with Crippen LogP contribution in [0.4, 0.5) is 0 Å². The predicted octanol–water partition coefficient (Wildman–Crippen LogP) is 1.85. The molecular formula is C10H16N2. The lowest BCUT2D eigenvalue weighted by Gasteiger charge is -2.27. The summed E-state index contributed by atoms with van der Waals surface area (Å²) in [5.74, 6) is 0. The van der Waals surface area contributed by atoms with Crippen LogP contribution in [0.2, 0.25) is 0 Å². The number of nitrogens with zero attached hydrogens (tertiary/aromatic N) is 2. The molecule has 66 valence electrons. The van der Waals surface area contributed by atoms with Crippen LogP contribution in [0.1, 0.15) is 12.8 Å². The topological polar surface area (TPSA) is 15.6 Å². The SMILES string of the molecule is C=CC1=C(C=NC)CCCN1C. The predicted molar refractivity (Wildman–Crippen MR) is 53.5 cm³/mol. The van der Waals surface area contributed by atoms with E-state index in [4.69, 9.17) is 0 Å². The van der Waals surface area contributed by atoms with Gasteiger partial charge in [0.2, 0.25) is 0 Å². The number of aliphatic imine (C=N–C) groups is 1. The molecule has 1 heterocycles. The monoisotopic (exact) mass is 164 g/mol.